The molecule has 2 amide bonds. The van der Waals surface area contributed by atoms with Crippen LogP contribution in [-0.4, -0.2) is 70.3 Å². The molecule has 3 heterocycles. The molecular formula is C18H27N5O4. The summed E-state index contributed by atoms with van der Waals surface area (Å²) in [5.41, 5.74) is 9.63. The minimum Gasteiger partial charge on any atom is -0.388 e. The van der Waals surface area contributed by atoms with Gasteiger partial charge in [-0.15, -0.1) is 0 Å². The number of anilines is 1. The molecule has 9 heteroatoms. The first-order valence-corrected chi connectivity index (χ1v) is 9.11. The monoisotopic (exact) mass is 377 g/mol. The maximum absolute atomic E-state index is 12.6. The molecule has 2 saturated heterocycles. The van der Waals surface area contributed by atoms with Gasteiger partial charge in [0.05, 0.1) is 23.2 Å². The van der Waals surface area contributed by atoms with Crippen molar-refractivity contribution in [1.29, 1.82) is 0 Å². The number of nitrogens with two attached hydrogens (primary N) is 2. The second-order valence-corrected chi connectivity index (χ2v) is 7.65. The average Bonchev–Trinajstić information content (AvgIpc) is 2.62. The van der Waals surface area contributed by atoms with Crippen LogP contribution in [0.4, 0.5) is 5.82 Å². The number of ether oxygens (including phenoxy) is 1. The molecule has 2 aliphatic heterocycles. The number of nitrogens with one attached hydrogen (secondary N) is 1. The van der Waals surface area contributed by atoms with E-state index in [1.807, 2.05) is 11.8 Å². The largest absolute Gasteiger partial charge is 0.388 e. The summed E-state index contributed by atoms with van der Waals surface area (Å²) < 4.78 is 6.00. The van der Waals surface area contributed by atoms with Crippen molar-refractivity contribution in [1.82, 2.24) is 15.2 Å². The molecule has 148 valence electrons. The number of rotatable bonds is 4. The van der Waals surface area contributed by atoms with Crippen LogP contribution in [0.3, 0.4) is 0 Å². The molecule has 9 nitrogen and oxygen atoms in total. The highest BCUT2D eigenvalue weighted by Gasteiger charge is 2.53. The van der Waals surface area contributed by atoms with Crippen LogP contribution in [0.2, 0.25) is 0 Å². The molecule has 2 atom stereocenters. The third-order valence-electron chi connectivity index (χ3n) is 5.64. The molecule has 0 radical (unpaired) electrons. The van der Waals surface area contributed by atoms with Crippen LogP contribution in [0.15, 0.2) is 18.3 Å². The van der Waals surface area contributed by atoms with Crippen molar-refractivity contribution in [3.8, 4) is 0 Å². The van der Waals surface area contributed by atoms with Crippen molar-refractivity contribution < 1.29 is 19.4 Å². The Bertz CT molecular complexity index is 702. The molecule has 27 heavy (non-hydrogen) atoms. The lowest BCUT2D eigenvalue weighted by Gasteiger charge is -2.53. The number of primary amides is 1. The van der Waals surface area contributed by atoms with Gasteiger partial charge in [0.15, 0.2) is 0 Å². The lowest BCUT2D eigenvalue weighted by molar-refractivity contribution is -0.205. The fourth-order valence-electron chi connectivity index (χ4n) is 3.99. The molecule has 0 bridgehead atoms. The first-order chi connectivity index (χ1) is 12.7. The fourth-order valence-corrected chi connectivity index (χ4v) is 3.99. The summed E-state index contributed by atoms with van der Waals surface area (Å²) in [5, 5.41) is 14.1. The molecule has 0 unspecified atom stereocenters. The molecule has 1 spiro atoms. The van der Waals surface area contributed by atoms with E-state index in [4.69, 9.17) is 16.2 Å². The number of amides is 2. The van der Waals surface area contributed by atoms with Crippen molar-refractivity contribution >= 4 is 17.6 Å². The first kappa shape index (κ1) is 19.5. The first-order valence-electron chi connectivity index (χ1n) is 9.11. The number of nitrogens with zero attached hydrogens (tertiary/aromatic N) is 2. The van der Waals surface area contributed by atoms with Crippen molar-refractivity contribution in [2.45, 2.75) is 43.4 Å². The minimum atomic E-state index is -0.875. The number of likely N-dealkylation sites (tertiary alicyclic amines) is 1. The van der Waals surface area contributed by atoms with E-state index < -0.39 is 17.2 Å². The van der Waals surface area contributed by atoms with E-state index in [1.165, 1.54) is 6.20 Å². The maximum Gasteiger partial charge on any atom is 0.253 e. The predicted octanol–water partition coefficient (Wildman–Crippen LogP) is -0.747. The van der Waals surface area contributed by atoms with E-state index in [0.29, 0.717) is 50.3 Å². The Labute approximate surface area is 158 Å². The molecule has 0 aliphatic carbocycles. The van der Waals surface area contributed by atoms with E-state index >= 15 is 0 Å². The Balaban J connectivity index is 1.70. The zero-order valence-electron chi connectivity index (χ0n) is 15.5. The van der Waals surface area contributed by atoms with Crippen molar-refractivity contribution in [2.24, 2.45) is 5.73 Å². The van der Waals surface area contributed by atoms with Crippen LogP contribution in [0.5, 0.6) is 0 Å². The number of carbonyl (C=O) groups is 2. The van der Waals surface area contributed by atoms with Gasteiger partial charge in [0.2, 0.25) is 5.91 Å². The lowest BCUT2D eigenvalue weighted by Crippen LogP contribution is -2.69. The number of hydrogen-bond donors (Lipinski definition) is 4. The van der Waals surface area contributed by atoms with E-state index in [0.717, 1.165) is 0 Å². The number of hydrogen-bond acceptors (Lipinski definition) is 7. The van der Waals surface area contributed by atoms with Crippen LogP contribution in [0.1, 0.15) is 36.5 Å². The SMILES string of the molecule is C[C@@]1(NC(=O)c2ccc(N)nc2)CCOC2(CCN(CC(N)=O)CC2)[C@H]1O. The number of pyridine rings is 1. The normalized spacial score (nSPS) is 28.0. The summed E-state index contributed by atoms with van der Waals surface area (Å²) >= 11 is 0. The molecule has 2 aliphatic rings. The topological polar surface area (TPSA) is 144 Å². The molecule has 2 fully saturated rings. The van der Waals surface area contributed by atoms with Crippen molar-refractivity contribution in [3.05, 3.63) is 23.9 Å². The minimum absolute atomic E-state index is 0.199. The van der Waals surface area contributed by atoms with Crippen molar-refractivity contribution in [3.63, 3.8) is 0 Å². The van der Waals surface area contributed by atoms with Crippen LogP contribution < -0.4 is 16.8 Å². The van der Waals surface area contributed by atoms with Gasteiger partial charge in [0.1, 0.15) is 11.9 Å². The van der Waals surface area contributed by atoms with E-state index in [1.54, 1.807) is 12.1 Å². The molecule has 6 N–H and O–H groups in total. The van der Waals surface area contributed by atoms with E-state index in [9.17, 15) is 14.7 Å². The smallest absolute Gasteiger partial charge is 0.253 e. The summed E-state index contributed by atoms with van der Waals surface area (Å²) in [5.74, 6) is -0.344. The molecular weight excluding hydrogens is 350 g/mol. The standard InChI is InChI=1S/C18H27N5O4/c1-17(22-15(25)12-2-3-13(19)21-10-12)6-9-27-18(16(17)26)4-7-23(8-5-18)11-14(20)24/h2-3,10,16,26H,4-9,11H2,1H3,(H2,19,21)(H2,20,24)(H,22,25)/t16-,17+/m0/s1. The van der Waals surface area contributed by atoms with Gasteiger partial charge in [-0.2, -0.15) is 0 Å². The van der Waals surface area contributed by atoms with Crippen LogP contribution >= 0.6 is 0 Å². The molecule has 3 rings (SSSR count). The van der Waals surface area contributed by atoms with Gasteiger partial charge < -0.3 is 26.6 Å². The Hall–Kier alpha value is -2.23. The predicted molar refractivity (Wildman–Crippen MR) is 98.7 cm³/mol. The second-order valence-electron chi connectivity index (χ2n) is 7.65. The van der Waals surface area contributed by atoms with Crippen LogP contribution in [-0.2, 0) is 9.53 Å². The molecule has 1 aromatic heterocycles. The summed E-state index contributed by atoms with van der Waals surface area (Å²) in [6, 6.07) is 3.17. The molecule has 0 saturated carbocycles. The lowest BCUT2D eigenvalue weighted by atomic mass is 9.73. The van der Waals surface area contributed by atoms with E-state index in [-0.39, 0.29) is 18.4 Å². The number of carbonyl (C=O) groups excluding carboxylic acids is 2. The Morgan fingerprint density at radius 3 is 2.67 bits per heavy atom. The Morgan fingerprint density at radius 1 is 1.37 bits per heavy atom. The maximum atomic E-state index is 12.6. The zero-order chi connectivity index (χ0) is 19.7. The second kappa shape index (κ2) is 7.41. The average molecular weight is 377 g/mol. The highest BCUT2D eigenvalue weighted by molar-refractivity contribution is 5.94. The quantitative estimate of drug-likeness (QED) is 0.540. The number of nitrogen functional groups attached to an aromatic ring is 1. The number of aliphatic hydroxyl groups excluding tert-OH is 1. The number of piperidine rings is 1. The van der Waals surface area contributed by atoms with Gasteiger partial charge >= 0.3 is 0 Å². The van der Waals surface area contributed by atoms with Crippen LogP contribution in [0.25, 0.3) is 0 Å². The van der Waals surface area contributed by atoms with Crippen molar-refractivity contribution in [2.75, 3.05) is 32.0 Å². The summed E-state index contributed by atoms with van der Waals surface area (Å²) in [4.78, 5) is 29.6. The van der Waals surface area contributed by atoms with Crippen LogP contribution in [0, 0.1) is 0 Å². The van der Waals surface area contributed by atoms with E-state index in [2.05, 4.69) is 10.3 Å². The number of aliphatic hydroxyl groups is 1. The Kier molecular flexibility index (Phi) is 5.36. The number of aromatic nitrogens is 1. The summed E-state index contributed by atoms with van der Waals surface area (Å²) in [6.07, 6.45) is 2.17. The van der Waals surface area contributed by atoms with Gasteiger partial charge in [-0.3, -0.25) is 14.5 Å². The summed E-state index contributed by atoms with van der Waals surface area (Å²) in [6.45, 7) is 3.67. The highest BCUT2D eigenvalue weighted by atomic mass is 16.5. The highest BCUT2D eigenvalue weighted by Crippen LogP contribution is 2.40. The van der Waals surface area contributed by atoms with Gasteiger partial charge in [-0.05, 0) is 38.3 Å². The van der Waals surface area contributed by atoms with Gasteiger partial charge in [-0.25, -0.2) is 4.98 Å². The van der Waals surface area contributed by atoms with Gasteiger partial charge in [0, 0.05) is 25.9 Å². The molecule has 1 aromatic rings. The molecule has 0 aromatic carbocycles. The van der Waals surface area contributed by atoms with Gasteiger partial charge in [-0.1, -0.05) is 0 Å². The Morgan fingerprint density at radius 2 is 2.07 bits per heavy atom. The third kappa shape index (κ3) is 4.05. The fraction of sp³-hybridized carbons (Fsp3) is 0.611. The van der Waals surface area contributed by atoms with Gasteiger partial charge in [0.25, 0.3) is 5.91 Å². The zero-order valence-corrected chi connectivity index (χ0v) is 15.5. The third-order valence-corrected chi connectivity index (χ3v) is 5.64. The summed E-state index contributed by atoms with van der Waals surface area (Å²) in [7, 11) is 0.